The van der Waals surface area contributed by atoms with Crippen LogP contribution in [-0.4, -0.2) is 24.5 Å². The van der Waals surface area contributed by atoms with Crippen molar-refractivity contribution in [3.63, 3.8) is 0 Å². The summed E-state index contributed by atoms with van der Waals surface area (Å²) in [5.41, 5.74) is 7.38. The molecule has 2 nitrogen and oxygen atoms in total. The third-order valence-corrected chi connectivity index (χ3v) is 4.31. The largest absolute Gasteiger partial charge is 0.329 e. The highest BCUT2D eigenvalue weighted by molar-refractivity contribution is 5.19. The maximum atomic E-state index is 6.01. The van der Waals surface area contributed by atoms with Gasteiger partial charge in [0.05, 0.1) is 0 Å². The molecule has 1 aliphatic rings. The predicted octanol–water partition coefficient (Wildman–Crippen LogP) is 3.20. The second-order valence-electron chi connectivity index (χ2n) is 5.40. The number of nitrogens with zero attached hydrogens (tertiary/aromatic N) is 1. The van der Waals surface area contributed by atoms with Crippen molar-refractivity contribution in [3.05, 3.63) is 35.9 Å². The van der Waals surface area contributed by atoms with Crippen molar-refractivity contribution in [3.8, 4) is 0 Å². The van der Waals surface area contributed by atoms with Gasteiger partial charge in [0.25, 0.3) is 0 Å². The zero-order valence-corrected chi connectivity index (χ0v) is 11.5. The van der Waals surface area contributed by atoms with E-state index in [0.717, 1.165) is 12.5 Å². The number of hydrogen-bond donors (Lipinski definition) is 1. The molecule has 1 aromatic carbocycles. The molecule has 0 bridgehead atoms. The van der Waals surface area contributed by atoms with Gasteiger partial charge < -0.3 is 5.73 Å². The Morgan fingerprint density at radius 3 is 2.67 bits per heavy atom. The normalized spacial score (nSPS) is 23.6. The fourth-order valence-electron chi connectivity index (χ4n) is 3.08. The maximum Gasteiger partial charge on any atom is 0.0470 e. The van der Waals surface area contributed by atoms with Gasteiger partial charge in [-0.3, -0.25) is 4.90 Å². The molecule has 2 heteroatoms. The first-order chi connectivity index (χ1) is 8.85. The first kappa shape index (κ1) is 13.6. The minimum Gasteiger partial charge on any atom is -0.329 e. The molecule has 1 saturated heterocycles. The van der Waals surface area contributed by atoms with Crippen LogP contribution in [0.2, 0.25) is 0 Å². The Balaban J connectivity index is 2.04. The quantitative estimate of drug-likeness (QED) is 0.884. The highest BCUT2D eigenvalue weighted by atomic mass is 15.2. The molecule has 1 aliphatic heterocycles. The lowest BCUT2D eigenvalue weighted by Gasteiger charge is -2.30. The predicted molar refractivity (Wildman–Crippen MR) is 77.4 cm³/mol. The Hall–Kier alpha value is -0.860. The molecule has 2 unspecified atom stereocenters. The summed E-state index contributed by atoms with van der Waals surface area (Å²) in [5, 5.41) is 0. The van der Waals surface area contributed by atoms with Gasteiger partial charge in [-0.15, -0.1) is 0 Å². The molecule has 0 saturated carbocycles. The van der Waals surface area contributed by atoms with E-state index in [1.165, 1.54) is 44.3 Å². The second-order valence-corrected chi connectivity index (χ2v) is 5.40. The Kier molecular flexibility index (Phi) is 5.21. The summed E-state index contributed by atoms with van der Waals surface area (Å²) in [5.74, 6) is 0.921. The van der Waals surface area contributed by atoms with E-state index < -0.39 is 0 Å². The zero-order valence-electron chi connectivity index (χ0n) is 11.5. The summed E-state index contributed by atoms with van der Waals surface area (Å²) in [6, 6.07) is 11.1. The Morgan fingerprint density at radius 1 is 1.22 bits per heavy atom. The Bertz CT molecular complexity index is 336. The van der Waals surface area contributed by atoms with E-state index in [1.807, 2.05) is 0 Å². The molecule has 2 rings (SSSR count). The van der Waals surface area contributed by atoms with Gasteiger partial charge in [0.2, 0.25) is 0 Å². The maximum absolute atomic E-state index is 6.01. The number of benzene rings is 1. The third kappa shape index (κ3) is 3.33. The first-order valence-corrected chi connectivity index (χ1v) is 7.34. The van der Waals surface area contributed by atoms with Crippen molar-refractivity contribution in [2.24, 2.45) is 11.7 Å². The van der Waals surface area contributed by atoms with Crippen LogP contribution in [0.5, 0.6) is 0 Å². The van der Waals surface area contributed by atoms with Gasteiger partial charge in [-0.1, -0.05) is 43.7 Å². The van der Waals surface area contributed by atoms with Gasteiger partial charge in [-0.25, -0.2) is 0 Å². The summed E-state index contributed by atoms with van der Waals surface area (Å²) in [7, 11) is 0. The van der Waals surface area contributed by atoms with E-state index in [1.54, 1.807) is 0 Å². The molecule has 0 aromatic heterocycles. The Morgan fingerprint density at radius 2 is 2.00 bits per heavy atom. The monoisotopic (exact) mass is 246 g/mol. The third-order valence-electron chi connectivity index (χ3n) is 4.31. The lowest BCUT2D eigenvalue weighted by atomic mass is 9.98. The van der Waals surface area contributed by atoms with Gasteiger partial charge in [-0.05, 0) is 43.8 Å². The van der Waals surface area contributed by atoms with Crippen LogP contribution >= 0.6 is 0 Å². The van der Waals surface area contributed by atoms with Crippen molar-refractivity contribution >= 4 is 0 Å². The minimum atomic E-state index is 0.404. The molecular weight excluding hydrogens is 220 g/mol. The van der Waals surface area contributed by atoms with Gasteiger partial charge in [-0.2, -0.15) is 0 Å². The summed E-state index contributed by atoms with van der Waals surface area (Å²) < 4.78 is 0. The SMILES string of the molecule is CCC1CCCN(C(CN)c2ccccc2)CC1. The summed E-state index contributed by atoms with van der Waals surface area (Å²) in [6.45, 7) is 5.45. The average Bonchev–Trinajstić information content (AvgIpc) is 2.66. The highest BCUT2D eigenvalue weighted by Gasteiger charge is 2.22. The van der Waals surface area contributed by atoms with E-state index in [2.05, 4.69) is 42.2 Å². The van der Waals surface area contributed by atoms with Crippen LogP contribution in [-0.2, 0) is 0 Å². The van der Waals surface area contributed by atoms with Crippen molar-refractivity contribution in [2.45, 2.75) is 38.6 Å². The lowest BCUT2D eigenvalue weighted by molar-refractivity contribution is 0.207. The molecule has 0 spiro atoms. The van der Waals surface area contributed by atoms with Gasteiger partial charge in [0, 0.05) is 12.6 Å². The van der Waals surface area contributed by atoms with E-state index in [-0.39, 0.29) is 0 Å². The van der Waals surface area contributed by atoms with Crippen LogP contribution in [0.15, 0.2) is 30.3 Å². The minimum absolute atomic E-state index is 0.404. The molecule has 0 radical (unpaired) electrons. The highest BCUT2D eigenvalue weighted by Crippen LogP contribution is 2.26. The zero-order chi connectivity index (χ0) is 12.8. The van der Waals surface area contributed by atoms with Gasteiger partial charge >= 0.3 is 0 Å². The molecule has 18 heavy (non-hydrogen) atoms. The van der Waals surface area contributed by atoms with Gasteiger partial charge in [0.1, 0.15) is 0 Å². The van der Waals surface area contributed by atoms with Crippen molar-refractivity contribution in [1.29, 1.82) is 0 Å². The van der Waals surface area contributed by atoms with Crippen molar-refractivity contribution < 1.29 is 0 Å². The molecule has 100 valence electrons. The van der Waals surface area contributed by atoms with Crippen LogP contribution < -0.4 is 5.73 Å². The smallest absolute Gasteiger partial charge is 0.0470 e. The molecular formula is C16H26N2. The van der Waals surface area contributed by atoms with E-state index in [9.17, 15) is 0 Å². The van der Waals surface area contributed by atoms with E-state index in [4.69, 9.17) is 5.73 Å². The molecule has 1 fully saturated rings. The van der Waals surface area contributed by atoms with Crippen molar-refractivity contribution in [1.82, 2.24) is 4.90 Å². The number of hydrogen-bond acceptors (Lipinski definition) is 2. The van der Waals surface area contributed by atoms with Gasteiger partial charge in [0.15, 0.2) is 0 Å². The first-order valence-electron chi connectivity index (χ1n) is 7.34. The molecule has 2 N–H and O–H groups in total. The molecule has 1 heterocycles. The average molecular weight is 246 g/mol. The van der Waals surface area contributed by atoms with Crippen LogP contribution in [0.1, 0.15) is 44.2 Å². The number of rotatable bonds is 4. The molecule has 0 aliphatic carbocycles. The standard InChI is InChI=1S/C16H26N2/c1-2-14-7-6-11-18(12-10-14)16(13-17)15-8-4-3-5-9-15/h3-5,8-9,14,16H,2,6-7,10-13,17H2,1H3. The topological polar surface area (TPSA) is 29.3 Å². The molecule has 1 aromatic rings. The summed E-state index contributed by atoms with van der Waals surface area (Å²) >= 11 is 0. The lowest BCUT2D eigenvalue weighted by Crippen LogP contribution is -2.34. The summed E-state index contributed by atoms with van der Waals surface area (Å²) in [6.07, 6.45) is 5.37. The number of nitrogens with two attached hydrogens (primary N) is 1. The van der Waals surface area contributed by atoms with Crippen LogP contribution in [0.4, 0.5) is 0 Å². The van der Waals surface area contributed by atoms with E-state index in [0.29, 0.717) is 6.04 Å². The van der Waals surface area contributed by atoms with Crippen LogP contribution in [0.25, 0.3) is 0 Å². The number of likely N-dealkylation sites (tertiary alicyclic amines) is 1. The van der Waals surface area contributed by atoms with E-state index >= 15 is 0 Å². The summed E-state index contributed by atoms with van der Waals surface area (Å²) in [4.78, 5) is 2.59. The molecule has 2 atom stereocenters. The van der Waals surface area contributed by atoms with Crippen LogP contribution in [0.3, 0.4) is 0 Å². The molecule has 0 amide bonds. The fourth-order valence-corrected chi connectivity index (χ4v) is 3.08. The second kappa shape index (κ2) is 6.91. The van der Waals surface area contributed by atoms with Crippen LogP contribution in [0, 0.1) is 5.92 Å². The Labute approximate surface area is 111 Å². The fraction of sp³-hybridized carbons (Fsp3) is 0.625. The van der Waals surface area contributed by atoms with Crippen molar-refractivity contribution in [2.75, 3.05) is 19.6 Å².